The molecule has 1 atom stereocenters. The molecule has 0 spiro atoms. The number of nitrogens with one attached hydrogen (secondary N) is 1. The molecule has 0 saturated heterocycles. The van der Waals surface area contributed by atoms with E-state index in [1.165, 1.54) is 11.5 Å². The summed E-state index contributed by atoms with van der Waals surface area (Å²) in [5.74, 6) is 0. The number of rotatable bonds is 6. The van der Waals surface area contributed by atoms with Gasteiger partial charge in [-0.2, -0.15) is 0 Å². The Bertz CT molecular complexity index is 491. The molecule has 0 aliphatic rings. The molecule has 0 aromatic carbocycles. The van der Waals surface area contributed by atoms with Gasteiger partial charge in [-0.3, -0.25) is 0 Å². The van der Waals surface area contributed by atoms with Gasteiger partial charge in [-0.05, 0) is 31.4 Å². The van der Waals surface area contributed by atoms with E-state index < -0.39 is 0 Å². The van der Waals surface area contributed by atoms with Crippen LogP contribution in [-0.2, 0) is 13.0 Å². The van der Waals surface area contributed by atoms with Gasteiger partial charge in [-0.25, -0.2) is 4.68 Å². The Morgan fingerprint density at radius 3 is 2.94 bits per heavy atom. The van der Waals surface area contributed by atoms with Crippen LogP contribution in [0.5, 0.6) is 0 Å². The third-order valence-electron chi connectivity index (χ3n) is 2.85. The maximum absolute atomic E-state index is 4.17. The van der Waals surface area contributed by atoms with E-state index in [9.17, 15) is 0 Å². The lowest BCUT2D eigenvalue weighted by molar-refractivity contribution is 0.524. The van der Waals surface area contributed by atoms with E-state index in [-0.39, 0.29) is 6.04 Å². The molecular weight excluding hydrogens is 248 g/mol. The molecule has 2 rings (SSSR count). The first kappa shape index (κ1) is 13.1. The molecule has 2 aromatic heterocycles. The van der Waals surface area contributed by atoms with Crippen molar-refractivity contribution in [1.82, 2.24) is 29.9 Å². The Hall–Kier alpha value is -1.34. The first-order valence-electron chi connectivity index (χ1n) is 6.18. The fourth-order valence-corrected chi connectivity index (χ4v) is 2.83. The zero-order chi connectivity index (χ0) is 13.0. The molecule has 0 radical (unpaired) electrons. The first-order valence-corrected chi connectivity index (χ1v) is 6.95. The summed E-state index contributed by atoms with van der Waals surface area (Å²) in [5, 5.41) is 15.6. The molecule has 0 aliphatic heterocycles. The summed E-state index contributed by atoms with van der Waals surface area (Å²) in [4.78, 5) is 1.15. The molecule has 2 aromatic rings. The molecule has 0 amide bonds. The minimum Gasteiger partial charge on any atom is -0.307 e. The SMILES string of the molecule is CCCn1nncc1C(NC)c1snnc1CC. The highest BCUT2D eigenvalue weighted by molar-refractivity contribution is 7.05. The van der Waals surface area contributed by atoms with Crippen LogP contribution in [0.2, 0.25) is 0 Å². The molecule has 0 fully saturated rings. The van der Waals surface area contributed by atoms with Gasteiger partial charge in [0.2, 0.25) is 0 Å². The lowest BCUT2D eigenvalue weighted by Gasteiger charge is -2.15. The van der Waals surface area contributed by atoms with Crippen LogP contribution in [0.1, 0.15) is 42.6 Å². The maximum atomic E-state index is 4.17. The number of hydrogen-bond acceptors (Lipinski definition) is 6. The summed E-state index contributed by atoms with van der Waals surface area (Å²) >= 11 is 1.44. The summed E-state index contributed by atoms with van der Waals surface area (Å²) in [6.07, 6.45) is 3.74. The van der Waals surface area contributed by atoms with Gasteiger partial charge in [0.15, 0.2) is 0 Å². The maximum Gasteiger partial charge on any atom is 0.0891 e. The van der Waals surface area contributed by atoms with Crippen LogP contribution in [0.4, 0.5) is 0 Å². The topological polar surface area (TPSA) is 68.5 Å². The summed E-state index contributed by atoms with van der Waals surface area (Å²) in [6, 6.07) is 0.0708. The van der Waals surface area contributed by atoms with E-state index in [1.807, 2.05) is 17.9 Å². The van der Waals surface area contributed by atoms with Gasteiger partial charge in [-0.1, -0.05) is 23.5 Å². The molecule has 1 unspecified atom stereocenters. The quantitative estimate of drug-likeness (QED) is 0.856. The smallest absolute Gasteiger partial charge is 0.0891 e. The molecule has 0 bridgehead atoms. The Morgan fingerprint density at radius 2 is 2.28 bits per heavy atom. The third-order valence-corrected chi connectivity index (χ3v) is 3.68. The van der Waals surface area contributed by atoms with E-state index in [2.05, 4.69) is 39.1 Å². The summed E-state index contributed by atoms with van der Waals surface area (Å²) in [7, 11) is 1.94. The largest absolute Gasteiger partial charge is 0.307 e. The Labute approximate surface area is 111 Å². The van der Waals surface area contributed by atoms with Crippen molar-refractivity contribution in [3.05, 3.63) is 22.5 Å². The van der Waals surface area contributed by atoms with Crippen molar-refractivity contribution in [2.45, 2.75) is 39.3 Å². The van der Waals surface area contributed by atoms with Crippen LogP contribution in [0, 0.1) is 0 Å². The minimum absolute atomic E-state index is 0.0708. The highest BCUT2D eigenvalue weighted by atomic mass is 32.1. The van der Waals surface area contributed by atoms with E-state index in [4.69, 9.17) is 0 Å². The molecular formula is C11H18N6S. The molecule has 6 nitrogen and oxygen atoms in total. The predicted octanol–water partition coefficient (Wildman–Crippen LogP) is 1.41. The van der Waals surface area contributed by atoms with E-state index >= 15 is 0 Å². The zero-order valence-electron chi connectivity index (χ0n) is 10.9. The van der Waals surface area contributed by atoms with Gasteiger partial charge in [0.05, 0.1) is 28.5 Å². The van der Waals surface area contributed by atoms with Crippen LogP contribution in [0.15, 0.2) is 6.20 Å². The second-order valence-corrected chi connectivity index (χ2v) is 4.83. The zero-order valence-corrected chi connectivity index (χ0v) is 11.7. The lowest BCUT2D eigenvalue weighted by atomic mass is 10.1. The van der Waals surface area contributed by atoms with E-state index in [1.54, 1.807) is 0 Å². The van der Waals surface area contributed by atoms with Crippen LogP contribution in [0.3, 0.4) is 0 Å². The number of hydrogen-bond donors (Lipinski definition) is 1. The summed E-state index contributed by atoms with van der Waals surface area (Å²) in [5.41, 5.74) is 2.11. The molecule has 18 heavy (non-hydrogen) atoms. The fourth-order valence-electron chi connectivity index (χ4n) is 1.97. The third kappa shape index (κ3) is 2.41. The van der Waals surface area contributed by atoms with Crippen molar-refractivity contribution < 1.29 is 0 Å². The average Bonchev–Trinajstić information content (AvgIpc) is 3.01. The lowest BCUT2D eigenvalue weighted by Crippen LogP contribution is -2.21. The molecule has 2 heterocycles. The van der Waals surface area contributed by atoms with Crippen molar-refractivity contribution in [3.8, 4) is 0 Å². The summed E-state index contributed by atoms with van der Waals surface area (Å²) < 4.78 is 5.99. The van der Waals surface area contributed by atoms with Crippen LogP contribution >= 0.6 is 11.5 Å². The van der Waals surface area contributed by atoms with Gasteiger partial charge < -0.3 is 5.32 Å². The van der Waals surface area contributed by atoms with Crippen molar-refractivity contribution in [3.63, 3.8) is 0 Å². The highest BCUT2D eigenvalue weighted by Gasteiger charge is 2.22. The highest BCUT2D eigenvalue weighted by Crippen LogP contribution is 2.26. The van der Waals surface area contributed by atoms with Crippen LogP contribution in [0.25, 0.3) is 0 Å². The van der Waals surface area contributed by atoms with Gasteiger partial charge in [-0.15, -0.1) is 10.2 Å². The minimum atomic E-state index is 0.0708. The number of aryl methyl sites for hydroxylation is 2. The van der Waals surface area contributed by atoms with Crippen molar-refractivity contribution in [2.75, 3.05) is 7.05 Å². The van der Waals surface area contributed by atoms with E-state index in [0.717, 1.165) is 35.7 Å². The first-order chi connectivity index (χ1) is 8.81. The molecule has 98 valence electrons. The van der Waals surface area contributed by atoms with Gasteiger partial charge in [0, 0.05) is 6.54 Å². The standard InChI is InChI=1S/C11H18N6S/c1-4-6-17-9(7-13-15-17)10(12-3)11-8(5-2)14-16-18-11/h7,10,12H,4-6H2,1-3H3. The Kier molecular flexibility index (Phi) is 4.38. The monoisotopic (exact) mass is 266 g/mol. The number of aromatic nitrogens is 5. The van der Waals surface area contributed by atoms with Gasteiger partial charge in [0.1, 0.15) is 0 Å². The average molecular weight is 266 g/mol. The van der Waals surface area contributed by atoms with Crippen molar-refractivity contribution in [2.24, 2.45) is 0 Å². The number of nitrogens with zero attached hydrogens (tertiary/aromatic N) is 5. The van der Waals surface area contributed by atoms with Gasteiger partial charge in [0.25, 0.3) is 0 Å². The van der Waals surface area contributed by atoms with Crippen LogP contribution < -0.4 is 5.32 Å². The normalized spacial score (nSPS) is 12.8. The molecule has 1 N–H and O–H groups in total. The second-order valence-electron chi connectivity index (χ2n) is 4.04. The Balaban J connectivity index is 2.36. The van der Waals surface area contributed by atoms with Crippen molar-refractivity contribution in [1.29, 1.82) is 0 Å². The second kappa shape index (κ2) is 6.01. The summed E-state index contributed by atoms with van der Waals surface area (Å²) in [6.45, 7) is 5.10. The predicted molar refractivity (Wildman–Crippen MR) is 70.5 cm³/mol. The van der Waals surface area contributed by atoms with E-state index in [0.29, 0.717) is 0 Å². The van der Waals surface area contributed by atoms with Crippen molar-refractivity contribution >= 4 is 11.5 Å². The molecule has 0 saturated carbocycles. The molecule has 0 aliphatic carbocycles. The Morgan fingerprint density at radius 1 is 1.44 bits per heavy atom. The molecule has 7 heteroatoms. The van der Waals surface area contributed by atoms with Crippen LogP contribution in [-0.4, -0.2) is 31.6 Å². The van der Waals surface area contributed by atoms with Gasteiger partial charge >= 0.3 is 0 Å². The fraction of sp³-hybridized carbons (Fsp3) is 0.636.